The molecule has 1 saturated carbocycles. The number of fused-ring (bicyclic) bond motifs is 1. The molecule has 0 radical (unpaired) electrons. The van der Waals surface area contributed by atoms with Gasteiger partial charge in [0.25, 0.3) is 11.5 Å². The minimum Gasteiger partial charge on any atom is -0.359 e. The Kier molecular flexibility index (Phi) is 7.92. The first-order valence-corrected chi connectivity index (χ1v) is 13.4. The molecule has 0 bridgehead atoms. The number of nitrogens with zero attached hydrogens (tertiary/aromatic N) is 3. The zero-order valence-electron chi connectivity index (χ0n) is 21.7. The minimum atomic E-state index is -4.61. The van der Waals surface area contributed by atoms with E-state index in [4.69, 9.17) is 4.98 Å². The Bertz CT molecular complexity index is 1310. The van der Waals surface area contributed by atoms with Crippen LogP contribution in [0.1, 0.15) is 73.3 Å². The number of benzene rings is 1. The Morgan fingerprint density at radius 1 is 1.21 bits per heavy atom. The fourth-order valence-corrected chi connectivity index (χ4v) is 5.79. The summed E-state index contributed by atoms with van der Waals surface area (Å²) in [6.07, 6.45) is -2.53. The van der Waals surface area contributed by atoms with Crippen LogP contribution in [0.3, 0.4) is 0 Å². The summed E-state index contributed by atoms with van der Waals surface area (Å²) in [6, 6.07) is 2.75. The van der Waals surface area contributed by atoms with Crippen molar-refractivity contribution in [3.8, 4) is 0 Å². The predicted octanol–water partition coefficient (Wildman–Crippen LogP) is 4.52. The van der Waals surface area contributed by atoms with E-state index in [1.807, 2.05) is 13.8 Å². The van der Waals surface area contributed by atoms with E-state index in [2.05, 4.69) is 26.6 Å². The summed E-state index contributed by atoms with van der Waals surface area (Å²) in [5, 5.41) is 5.91. The summed E-state index contributed by atoms with van der Waals surface area (Å²) >= 11 is 2.91. The Hall–Kier alpha value is -2.89. The molecule has 3 atom stereocenters. The predicted molar refractivity (Wildman–Crippen MR) is 140 cm³/mol. The third-order valence-corrected chi connectivity index (χ3v) is 7.92. The van der Waals surface area contributed by atoms with Crippen molar-refractivity contribution >= 4 is 33.7 Å². The summed E-state index contributed by atoms with van der Waals surface area (Å²) in [7, 11) is 1.60. The third kappa shape index (κ3) is 5.45. The van der Waals surface area contributed by atoms with Gasteiger partial charge in [-0.2, -0.15) is 13.2 Å². The van der Waals surface area contributed by atoms with Crippen molar-refractivity contribution in [2.24, 2.45) is 5.92 Å². The van der Waals surface area contributed by atoms with E-state index in [9.17, 15) is 27.6 Å². The number of alkyl halides is 3. The molecule has 2 aliphatic rings. The molecule has 0 spiro atoms. The van der Waals surface area contributed by atoms with Gasteiger partial charge in [-0.25, -0.2) is 4.98 Å². The van der Waals surface area contributed by atoms with Gasteiger partial charge in [-0.05, 0) is 64.7 Å². The number of halogens is 4. The maximum absolute atomic E-state index is 13.8. The maximum Gasteiger partial charge on any atom is 0.417 e. The van der Waals surface area contributed by atoms with Crippen LogP contribution in [0.15, 0.2) is 27.5 Å². The maximum atomic E-state index is 13.8. The smallest absolute Gasteiger partial charge is 0.359 e. The summed E-state index contributed by atoms with van der Waals surface area (Å²) in [6.45, 7) is 5.61. The number of rotatable bonds is 5. The lowest BCUT2D eigenvalue weighted by molar-refractivity contribution is -0.138. The molecule has 8 nitrogen and oxygen atoms in total. The Balaban J connectivity index is 1.69. The number of carbonyl (C=O) groups is 2. The van der Waals surface area contributed by atoms with Crippen LogP contribution in [-0.4, -0.2) is 45.4 Å². The van der Waals surface area contributed by atoms with E-state index in [1.165, 1.54) is 17.0 Å². The number of carbonyl (C=O) groups excluding carboxylic acids is 2. The van der Waals surface area contributed by atoms with E-state index in [0.29, 0.717) is 36.5 Å². The molecule has 2 N–H and O–H groups in total. The molecule has 1 aromatic heterocycles. The molecule has 0 saturated heterocycles. The molecule has 38 heavy (non-hydrogen) atoms. The van der Waals surface area contributed by atoms with Gasteiger partial charge < -0.3 is 15.5 Å². The molecule has 1 aliphatic carbocycles. The fourth-order valence-electron chi connectivity index (χ4n) is 5.32. The Morgan fingerprint density at radius 3 is 2.55 bits per heavy atom. The number of amides is 2. The van der Waals surface area contributed by atoms with Gasteiger partial charge in [-0.3, -0.25) is 19.0 Å². The van der Waals surface area contributed by atoms with Gasteiger partial charge in [0.15, 0.2) is 0 Å². The second-order valence-electron chi connectivity index (χ2n) is 10.3. The lowest BCUT2D eigenvalue weighted by Gasteiger charge is -2.35. The normalized spacial score (nSPS) is 21.4. The van der Waals surface area contributed by atoms with Crippen molar-refractivity contribution in [1.82, 2.24) is 19.8 Å². The zero-order valence-corrected chi connectivity index (χ0v) is 23.2. The van der Waals surface area contributed by atoms with Crippen LogP contribution in [-0.2, 0) is 23.9 Å². The molecule has 4 rings (SSSR count). The number of aromatic nitrogens is 2. The van der Waals surface area contributed by atoms with Crippen LogP contribution < -0.4 is 16.2 Å². The van der Waals surface area contributed by atoms with Crippen LogP contribution in [0.4, 0.5) is 19.1 Å². The van der Waals surface area contributed by atoms with Crippen molar-refractivity contribution in [3.05, 3.63) is 55.4 Å². The second-order valence-corrected chi connectivity index (χ2v) is 11.1. The molecule has 0 unspecified atom stereocenters. The van der Waals surface area contributed by atoms with Crippen molar-refractivity contribution in [2.75, 3.05) is 12.4 Å². The summed E-state index contributed by atoms with van der Waals surface area (Å²) in [4.78, 5) is 45.5. The highest BCUT2D eigenvalue weighted by Gasteiger charge is 2.37. The lowest BCUT2D eigenvalue weighted by Crippen LogP contribution is -2.46. The molecule has 2 amide bonds. The SMILES string of the molecule is CNC(=O)[C@@H]1CC[C@H](n2c(NC(C)C)nc3c(c2=O)C[C@@H](C)N(C(=O)c2ccc(Br)c(C(F)(F)F)c2)C3)C1. The molecular formula is C26H31BrF3N5O3. The lowest BCUT2D eigenvalue weighted by atomic mass is 9.98. The number of anilines is 1. The highest BCUT2D eigenvalue weighted by atomic mass is 79.9. The van der Waals surface area contributed by atoms with Crippen LogP contribution in [0.5, 0.6) is 0 Å². The van der Waals surface area contributed by atoms with Gasteiger partial charge in [0.2, 0.25) is 11.9 Å². The van der Waals surface area contributed by atoms with E-state index in [0.717, 1.165) is 6.07 Å². The second kappa shape index (κ2) is 10.7. The molecule has 2 heterocycles. The quantitative estimate of drug-likeness (QED) is 0.528. The molecule has 1 fully saturated rings. The van der Waals surface area contributed by atoms with Gasteiger partial charge in [-0.1, -0.05) is 15.9 Å². The van der Waals surface area contributed by atoms with Gasteiger partial charge in [0.1, 0.15) is 0 Å². The topological polar surface area (TPSA) is 96.3 Å². The average molecular weight is 598 g/mol. The van der Waals surface area contributed by atoms with Crippen molar-refractivity contribution in [3.63, 3.8) is 0 Å². The first-order chi connectivity index (χ1) is 17.8. The minimum absolute atomic E-state index is 0.00113. The zero-order chi connectivity index (χ0) is 27.9. The third-order valence-electron chi connectivity index (χ3n) is 7.23. The average Bonchev–Trinajstić information content (AvgIpc) is 3.32. The summed E-state index contributed by atoms with van der Waals surface area (Å²) in [5.74, 6) is -0.417. The van der Waals surface area contributed by atoms with Gasteiger partial charge in [0, 0.05) is 46.7 Å². The van der Waals surface area contributed by atoms with E-state index in [-0.39, 0.29) is 52.5 Å². The summed E-state index contributed by atoms with van der Waals surface area (Å²) in [5.41, 5.74) is -0.302. The van der Waals surface area contributed by atoms with Gasteiger partial charge in [0.05, 0.1) is 17.8 Å². The van der Waals surface area contributed by atoms with Crippen LogP contribution in [0.2, 0.25) is 0 Å². The number of hydrogen-bond donors (Lipinski definition) is 2. The van der Waals surface area contributed by atoms with Crippen molar-refractivity contribution in [1.29, 1.82) is 0 Å². The molecule has 12 heteroatoms. The van der Waals surface area contributed by atoms with E-state index >= 15 is 0 Å². The van der Waals surface area contributed by atoms with Crippen LogP contribution in [0.25, 0.3) is 0 Å². The Morgan fingerprint density at radius 2 is 1.92 bits per heavy atom. The van der Waals surface area contributed by atoms with Gasteiger partial charge in [-0.15, -0.1) is 0 Å². The molecule has 1 aromatic carbocycles. The Labute approximate surface area is 227 Å². The monoisotopic (exact) mass is 597 g/mol. The largest absolute Gasteiger partial charge is 0.417 e. The molecular weight excluding hydrogens is 567 g/mol. The molecule has 1 aliphatic heterocycles. The molecule has 2 aromatic rings. The molecule has 206 valence electrons. The number of nitrogens with one attached hydrogen (secondary N) is 2. The highest BCUT2D eigenvalue weighted by molar-refractivity contribution is 9.10. The van der Waals surface area contributed by atoms with Crippen LogP contribution >= 0.6 is 15.9 Å². The standard InChI is InChI=1S/C26H31BrF3N5O3/c1-13(2)32-25-33-21-12-34(23(37)16-6-8-20(27)19(11-16)26(28,29)30)14(3)9-18(21)24(38)35(25)17-7-5-15(10-17)22(36)31-4/h6,8,11,13-15,17H,5,7,9-10,12H2,1-4H3,(H,31,36)(H,32,33)/t14-,15-,17+/m1/s1. The fraction of sp³-hybridized carbons (Fsp3) is 0.538. The first-order valence-electron chi connectivity index (χ1n) is 12.6. The van der Waals surface area contributed by atoms with E-state index in [1.54, 1.807) is 18.5 Å². The van der Waals surface area contributed by atoms with E-state index < -0.39 is 23.7 Å². The van der Waals surface area contributed by atoms with Gasteiger partial charge >= 0.3 is 6.18 Å². The highest BCUT2D eigenvalue weighted by Crippen LogP contribution is 2.37. The van der Waals surface area contributed by atoms with Crippen molar-refractivity contribution in [2.45, 2.75) is 77.3 Å². The van der Waals surface area contributed by atoms with Crippen LogP contribution in [0, 0.1) is 5.92 Å². The summed E-state index contributed by atoms with van der Waals surface area (Å²) < 4.78 is 41.8. The number of hydrogen-bond acceptors (Lipinski definition) is 5. The first kappa shape index (κ1) is 28.1. The van der Waals surface area contributed by atoms with Crippen molar-refractivity contribution < 1.29 is 22.8 Å².